The van der Waals surface area contributed by atoms with Gasteiger partial charge in [0.2, 0.25) is 0 Å². The Labute approximate surface area is 175 Å². The molecule has 3 heterocycles. The number of nitrogens with one attached hydrogen (secondary N) is 1. The van der Waals surface area contributed by atoms with Crippen molar-refractivity contribution in [3.8, 4) is 0 Å². The molecule has 0 spiro atoms. The van der Waals surface area contributed by atoms with Crippen LogP contribution in [0.2, 0.25) is 0 Å². The van der Waals surface area contributed by atoms with Gasteiger partial charge >= 0.3 is 6.18 Å². The molecule has 0 aromatic carbocycles. The van der Waals surface area contributed by atoms with Crippen LogP contribution in [0.15, 0.2) is 11.4 Å². The Morgan fingerprint density at radius 2 is 2.24 bits per heavy atom. The fourth-order valence-corrected chi connectivity index (χ4v) is 5.54. The van der Waals surface area contributed by atoms with Crippen molar-refractivity contribution in [3.05, 3.63) is 27.7 Å². The molecule has 6 nitrogen and oxygen atoms in total. The van der Waals surface area contributed by atoms with Crippen LogP contribution in [-0.2, 0) is 17.5 Å². The second kappa shape index (κ2) is 7.82. The van der Waals surface area contributed by atoms with Crippen molar-refractivity contribution in [2.45, 2.75) is 62.5 Å². The zero-order valence-corrected chi connectivity index (χ0v) is 18.0. The molecule has 2 bridgehead atoms. The normalized spacial score (nSPS) is 27.6. The Morgan fingerprint density at radius 1 is 1.41 bits per heavy atom. The van der Waals surface area contributed by atoms with Crippen LogP contribution in [0.25, 0.3) is 0 Å². The topological polar surface area (TPSA) is 64.9 Å². The maximum atomic E-state index is 13.2. The number of hydrogen-bond acceptors (Lipinski definition) is 7. The summed E-state index contributed by atoms with van der Waals surface area (Å²) in [5.41, 5.74) is 0.156. The van der Waals surface area contributed by atoms with Crippen LogP contribution in [0.4, 0.5) is 13.2 Å². The van der Waals surface area contributed by atoms with Crippen LogP contribution < -0.4 is 5.32 Å². The Balaban J connectivity index is 1.67. The Kier molecular flexibility index (Phi) is 5.69. The van der Waals surface area contributed by atoms with Gasteiger partial charge in [0.1, 0.15) is 4.88 Å². The van der Waals surface area contributed by atoms with Crippen LogP contribution in [0.3, 0.4) is 0 Å². The second-order valence-electron chi connectivity index (χ2n) is 7.85. The van der Waals surface area contributed by atoms with E-state index in [0.717, 1.165) is 31.4 Å². The van der Waals surface area contributed by atoms with Crippen molar-refractivity contribution in [1.82, 2.24) is 25.5 Å². The molecule has 11 heteroatoms. The van der Waals surface area contributed by atoms with Crippen LogP contribution in [-0.4, -0.2) is 50.0 Å². The number of tetrazole rings is 1. The number of thioether (sulfide) groups is 1. The predicted molar refractivity (Wildman–Crippen MR) is 106 cm³/mol. The summed E-state index contributed by atoms with van der Waals surface area (Å²) in [7, 11) is 0. The summed E-state index contributed by atoms with van der Waals surface area (Å²) in [6.07, 6.45) is 1.31. The fourth-order valence-electron chi connectivity index (χ4n) is 4.38. The molecular formula is C18H24F3N5OS2. The minimum absolute atomic E-state index is 0.117. The van der Waals surface area contributed by atoms with Gasteiger partial charge < -0.3 is 4.74 Å². The largest absolute Gasteiger partial charge is 0.425 e. The average Bonchev–Trinajstić information content (AvgIpc) is 3.47. The number of halogens is 3. The summed E-state index contributed by atoms with van der Waals surface area (Å²) < 4.78 is 47.5. The first-order valence-electron chi connectivity index (χ1n) is 9.62. The van der Waals surface area contributed by atoms with E-state index in [1.807, 2.05) is 6.26 Å². The summed E-state index contributed by atoms with van der Waals surface area (Å²) in [6, 6.07) is 0.693. The molecule has 2 fully saturated rings. The number of nitrogens with zero attached hydrogens (tertiary/aromatic N) is 4. The third-order valence-corrected chi connectivity index (χ3v) is 7.61. The van der Waals surface area contributed by atoms with Crippen molar-refractivity contribution in [3.63, 3.8) is 0 Å². The first-order chi connectivity index (χ1) is 13.8. The van der Waals surface area contributed by atoms with Crippen molar-refractivity contribution in [2.24, 2.45) is 0 Å². The van der Waals surface area contributed by atoms with Crippen LogP contribution in [0.1, 0.15) is 54.9 Å². The van der Waals surface area contributed by atoms with Gasteiger partial charge in [-0.1, -0.05) is 6.92 Å². The quantitative estimate of drug-likeness (QED) is 0.662. The highest BCUT2D eigenvalue weighted by atomic mass is 32.2. The molecule has 1 N–H and O–H groups in total. The SMILES string of the molecule is CCC12CCC(NC(c3csc(C(F)(F)F)c3)c3nnnn3CCSC)(CO1)C2. The minimum atomic E-state index is -4.36. The molecule has 1 aliphatic carbocycles. The van der Waals surface area contributed by atoms with Crippen LogP contribution in [0, 0.1) is 0 Å². The highest BCUT2D eigenvalue weighted by Crippen LogP contribution is 2.50. The van der Waals surface area contributed by atoms with Gasteiger partial charge in [0, 0.05) is 11.3 Å². The number of alkyl halides is 3. The van der Waals surface area contributed by atoms with E-state index in [9.17, 15) is 13.2 Å². The van der Waals surface area contributed by atoms with Gasteiger partial charge in [-0.05, 0) is 59.4 Å². The first kappa shape index (κ1) is 21.1. The van der Waals surface area contributed by atoms with E-state index in [0.29, 0.717) is 35.9 Å². The molecule has 3 unspecified atom stereocenters. The van der Waals surface area contributed by atoms with Gasteiger partial charge in [0.25, 0.3) is 0 Å². The average molecular weight is 448 g/mol. The molecule has 1 saturated carbocycles. The van der Waals surface area contributed by atoms with Crippen molar-refractivity contribution >= 4 is 23.1 Å². The predicted octanol–water partition coefficient (Wildman–Crippen LogP) is 3.90. The molecule has 4 rings (SSSR count). The van der Waals surface area contributed by atoms with E-state index in [1.165, 1.54) is 6.07 Å². The lowest BCUT2D eigenvalue weighted by Crippen LogP contribution is -2.47. The van der Waals surface area contributed by atoms with E-state index >= 15 is 0 Å². The van der Waals surface area contributed by atoms with E-state index in [4.69, 9.17) is 4.74 Å². The number of rotatable bonds is 8. The Bertz CT molecular complexity index is 845. The molecular weight excluding hydrogens is 423 g/mol. The summed E-state index contributed by atoms with van der Waals surface area (Å²) in [5, 5.41) is 17.2. The summed E-state index contributed by atoms with van der Waals surface area (Å²) in [6.45, 7) is 3.27. The van der Waals surface area contributed by atoms with Gasteiger partial charge in [-0.3, -0.25) is 5.32 Å². The summed E-state index contributed by atoms with van der Waals surface area (Å²) in [5.74, 6) is 1.36. The monoisotopic (exact) mass is 447 g/mol. The van der Waals surface area contributed by atoms with Gasteiger partial charge in [0.15, 0.2) is 5.82 Å². The maximum Gasteiger partial charge on any atom is 0.425 e. The number of aromatic nitrogens is 4. The summed E-state index contributed by atoms with van der Waals surface area (Å²) in [4.78, 5) is -0.614. The standard InChI is InChI=1S/C18H24F3N5OS2/c1-3-17-5-4-16(10-17,11-27-17)22-14(12-8-13(29-9-12)18(19,20)21)15-23-24-25-26(15)6-7-28-2/h8-9,14,22H,3-7,10-11H2,1-2H3. The van der Waals surface area contributed by atoms with E-state index < -0.39 is 17.1 Å². The molecule has 0 amide bonds. The van der Waals surface area contributed by atoms with Crippen LogP contribution in [0.5, 0.6) is 0 Å². The maximum absolute atomic E-state index is 13.2. The third-order valence-electron chi connectivity index (χ3n) is 6.03. The number of hydrogen-bond donors (Lipinski definition) is 1. The van der Waals surface area contributed by atoms with Gasteiger partial charge in [-0.25, -0.2) is 4.68 Å². The smallest absolute Gasteiger partial charge is 0.373 e. The van der Waals surface area contributed by atoms with Crippen LogP contribution >= 0.6 is 23.1 Å². The Hall–Kier alpha value is -1.17. The van der Waals surface area contributed by atoms with E-state index in [-0.39, 0.29) is 11.1 Å². The number of ether oxygens (including phenoxy) is 1. The second-order valence-corrected chi connectivity index (χ2v) is 9.75. The lowest BCUT2D eigenvalue weighted by atomic mass is 9.94. The van der Waals surface area contributed by atoms with Gasteiger partial charge in [0.05, 0.1) is 24.8 Å². The van der Waals surface area contributed by atoms with Gasteiger partial charge in [-0.15, -0.1) is 16.4 Å². The van der Waals surface area contributed by atoms with Gasteiger partial charge in [-0.2, -0.15) is 24.9 Å². The third kappa shape index (κ3) is 4.06. The molecule has 0 radical (unpaired) electrons. The number of thiophene rings is 1. The highest BCUT2D eigenvalue weighted by Gasteiger charge is 2.55. The van der Waals surface area contributed by atoms with Crippen molar-refractivity contribution in [2.75, 3.05) is 18.6 Å². The lowest BCUT2D eigenvalue weighted by Gasteiger charge is -2.32. The first-order valence-corrected chi connectivity index (χ1v) is 11.9. The van der Waals surface area contributed by atoms with E-state index in [1.54, 1.807) is 21.8 Å². The molecule has 2 aromatic heterocycles. The molecule has 2 aromatic rings. The molecule has 3 atom stereocenters. The Morgan fingerprint density at radius 3 is 2.83 bits per heavy atom. The molecule has 2 aliphatic rings. The zero-order chi connectivity index (χ0) is 20.7. The van der Waals surface area contributed by atoms with Crippen molar-refractivity contribution in [1.29, 1.82) is 0 Å². The molecule has 29 heavy (non-hydrogen) atoms. The molecule has 1 aliphatic heterocycles. The fraction of sp³-hybridized carbons (Fsp3) is 0.722. The van der Waals surface area contributed by atoms with E-state index in [2.05, 4.69) is 27.8 Å². The molecule has 160 valence electrons. The summed E-state index contributed by atoms with van der Waals surface area (Å²) >= 11 is 2.37. The lowest BCUT2D eigenvalue weighted by molar-refractivity contribution is -0.134. The number of fused-ring (bicyclic) bond motifs is 2. The number of aryl methyl sites for hydroxylation is 1. The zero-order valence-electron chi connectivity index (χ0n) is 16.3. The highest BCUT2D eigenvalue weighted by molar-refractivity contribution is 7.98. The molecule has 1 saturated heterocycles. The minimum Gasteiger partial charge on any atom is -0.373 e. The van der Waals surface area contributed by atoms with Crippen molar-refractivity contribution < 1.29 is 17.9 Å².